The number of para-hydroxylation sites is 1. The molecule has 1 atom stereocenters. The van der Waals surface area contributed by atoms with Gasteiger partial charge in [-0.25, -0.2) is 0 Å². The number of nitrogens with zero attached hydrogens (tertiary/aromatic N) is 2. The summed E-state index contributed by atoms with van der Waals surface area (Å²) in [6, 6.07) is 11.1. The number of anilines is 2. The molecule has 30 heavy (non-hydrogen) atoms. The Morgan fingerprint density at radius 2 is 2.00 bits per heavy atom. The number of amides is 1. The molecule has 1 saturated heterocycles. The number of carbonyl (C=O) groups is 1. The molecule has 0 radical (unpaired) electrons. The normalized spacial score (nSPS) is 20.6. The molecular formula is C20H20Cl2N4O3S. The van der Waals surface area contributed by atoms with Gasteiger partial charge in [-0.3, -0.25) is 9.69 Å². The van der Waals surface area contributed by atoms with Gasteiger partial charge in [0.05, 0.1) is 29.0 Å². The van der Waals surface area contributed by atoms with Crippen molar-refractivity contribution >= 4 is 56.3 Å². The van der Waals surface area contributed by atoms with Crippen LogP contribution in [0.25, 0.3) is 0 Å². The smallest absolute Gasteiger partial charge is 0.286 e. The second-order valence-electron chi connectivity index (χ2n) is 7.23. The first-order valence-corrected chi connectivity index (χ1v) is 11.7. The van der Waals surface area contributed by atoms with Gasteiger partial charge >= 0.3 is 0 Å². The van der Waals surface area contributed by atoms with Gasteiger partial charge in [0.15, 0.2) is 0 Å². The number of carbonyl (C=O) groups excluding carboxylic acids is 1. The Hall–Kier alpha value is -2.13. The van der Waals surface area contributed by atoms with Crippen LogP contribution in [0.15, 0.2) is 51.8 Å². The van der Waals surface area contributed by atoms with Crippen molar-refractivity contribution in [2.45, 2.75) is 30.2 Å². The summed E-state index contributed by atoms with van der Waals surface area (Å²) in [6.45, 7) is 0.884. The summed E-state index contributed by atoms with van der Waals surface area (Å²) >= 11 is 12.1. The Bertz CT molecular complexity index is 1120. The lowest BCUT2D eigenvalue weighted by Crippen LogP contribution is -2.50. The first kappa shape index (κ1) is 21.1. The molecule has 0 aliphatic carbocycles. The number of amidine groups is 1. The summed E-state index contributed by atoms with van der Waals surface area (Å²) in [5.74, 6) is 0.108. The van der Waals surface area contributed by atoms with Crippen LogP contribution in [-0.2, 0) is 14.8 Å². The quantitative estimate of drug-likeness (QED) is 0.710. The number of rotatable bonds is 4. The van der Waals surface area contributed by atoms with Crippen molar-refractivity contribution in [2.24, 2.45) is 4.40 Å². The van der Waals surface area contributed by atoms with Crippen LogP contribution < -0.4 is 10.6 Å². The van der Waals surface area contributed by atoms with Crippen molar-refractivity contribution in [3.8, 4) is 0 Å². The highest BCUT2D eigenvalue weighted by Gasteiger charge is 2.32. The van der Waals surface area contributed by atoms with Gasteiger partial charge in [0.2, 0.25) is 5.91 Å². The van der Waals surface area contributed by atoms with Crippen LogP contribution in [0, 0.1) is 0 Å². The van der Waals surface area contributed by atoms with Gasteiger partial charge in [-0.05, 0) is 49.7 Å². The van der Waals surface area contributed by atoms with Gasteiger partial charge in [-0.1, -0.05) is 41.8 Å². The SMILES string of the molecule is O=C(Nc1ccc(Cl)cc1Cl)C1CCCCN1CC1=NS(=O)(=O)c2ccccc2N1. The largest absolute Gasteiger partial charge is 0.341 e. The lowest BCUT2D eigenvalue weighted by atomic mass is 10.0. The van der Waals surface area contributed by atoms with Crippen LogP contribution in [0.5, 0.6) is 0 Å². The molecule has 7 nitrogen and oxygen atoms in total. The summed E-state index contributed by atoms with van der Waals surface area (Å²) in [5.41, 5.74) is 0.981. The molecule has 1 amide bonds. The maximum absolute atomic E-state index is 13.0. The predicted molar refractivity (Wildman–Crippen MR) is 119 cm³/mol. The summed E-state index contributed by atoms with van der Waals surface area (Å²) in [7, 11) is -3.77. The topological polar surface area (TPSA) is 90.9 Å². The molecule has 0 saturated carbocycles. The number of nitrogens with one attached hydrogen (secondary N) is 2. The van der Waals surface area contributed by atoms with Crippen LogP contribution in [0.4, 0.5) is 11.4 Å². The van der Waals surface area contributed by atoms with E-state index in [0.29, 0.717) is 40.2 Å². The van der Waals surface area contributed by atoms with Crippen LogP contribution in [0.1, 0.15) is 19.3 Å². The maximum atomic E-state index is 13.0. The minimum absolute atomic E-state index is 0.152. The van der Waals surface area contributed by atoms with Crippen molar-refractivity contribution in [1.29, 1.82) is 0 Å². The Morgan fingerprint density at radius 3 is 2.80 bits per heavy atom. The molecule has 10 heteroatoms. The Morgan fingerprint density at radius 1 is 1.20 bits per heavy atom. The molecule has 4 rings (SSSR count). The van der Waals surface area contributed by atoms with Gasteiger partial charge in [-0.15, -0.1) is 4.40 Å². The fraction of sp³-hybridized carbons (Fsp3) is 0.300. The van der Waals surface area contributed by atoms with Crippen LogP contribution in [0.2, 0.25) is 10.0 Å². The molecule has 2 aromatic carbocycles. The van der Waals surface area contributed by atoms with Gasteiger partial charge in [-0.2, -0.15) is 8.42 Å². The van der Waals surface area contributed by atoms with E-state index < -0.39 is 16.1 Å². The molecule has 1 fully saturated rings. The minimum Gasteiger partial charge on any atom is -0.341 e. The van der Waals surface area contributed by atoms with Crippen LogP contribution in [0.3, 0.4) is 0 Å². The minimum atomic E-state index is -3.77. The number of fused-ring (bicyclic) bond motifs is 1. The Kier molecular flexibility index (Phi) is 6.02. The molecule has 2 heterocycles. The monoisotopic (exact) mass is 466 g/mol. The lowest BCUT2D eigenvalue weighted by molar-refractivity contribution is -0.122. The molecule has 2 aliphatic rings. The standard InChI is InChI=1S/C20H20Cl2N4O3S/c21-13-8-9-15(14(22)11-13)24-20(27)17-6-3-4-10-26(17)12-19-23-16-5-1-2-7-18(16)30(28,29)25-19/h1-2,5,7-9,11,17H,3-4,6,10,12H2,(H,23,25)(H,24,27). The van der Waals surface area contributed by atoms with E-state index >= 15 is 0 Å². The second kappa shape index (κ2) is 8.55. The third-order valence-corrected chi connectivity index (χ3v) is 7.05. The average Bonchev–Trinajstić information content (AvgIpc) is 2.70. The van der Waals surface area contributed by atoms with Crippen LogP contribution >= 0.6 is 23.2 Å². The zero-order chi connectivity index (χ0) is 21.3. The molecule has 1 unspecified atom stereocenters. The number of hydrogen-bond donors (Lipinski definition) is 2. The van der Waals surface area contributed by atoms with E-state index in [4.69, 9.17) is 23.2 Å². The van der Waals surface area contributed by atoms with Crippen molar-refractivity contribution in [3.63, 3.8) is 0 Å². The molecule has 2 aromatic rings. The highest BCUT2D eigenvalue weighted by molar-refractivity contribution is 7.90. The maximum Gasteiger partial charge on any atom is 0.286 e. The van der Waals surface area contributed by atoms with Crippen molar-refractivity contribution < 1.29 is 13.2 Å². The molecule has 0 spiro atoms. The highest BCUT2D eigenvalue weighted by atomic mass is 35.5. The highest BCUT2D eigenvalue weighted by Crippen LogP contribution is 2.29. The number of likely N-dealkylation sites (tertiary alicyclic amines) is 1. The van der Waals surface area contributed by atoms with Gasteiger partial charge in [0.1, 0.15) is 10.7 Å². The second-order valence-corrected chi connectivity index (χ2v) is 9.65. The van der Waals surface area contributed by atoms with E-state index in [1.54, 1.807) is 36.4 Å². The average molecular weight is 467 g/mol. The van der Waals surface area contributed by atoms with E-state index in [-0.39, 0.29) is 17.3 Å². The van der Waals surface area contributed by atoms with E-state index in [9.17, 15) is 13.2 Å². The van der Waals surface area contributed by atoms with Crippen LogP contribution in [-0.4, -0.2) is 44.2 Å². The van der Waals surface area contributed by atoms with E-state index in [2.05, 4.69) is 15.0 Å². The number of sulfonamides is 1. The third-order valence-electron chi connectivity index (χ3n) is 5.13. The van der Waals surface area contributed by atoms with Gasteiger partial charge in [0.25, 0.3) is 10.0 Å². The molecule has 158 valence electrons. The number of halogens is 2. The third kappa shape index (κ3) is 4.46. The number of piperidine rings is 1. The molecule has 2 N–H and O–H groups in total. The molecule has 0 aromatic heterocycles. The Labute approximate surface area is 185 Å². The summed E-state index contributed by atoms with van der Waals surface area (Å²) in [4.78, 5) is 15.1. The van der Waals surface area contributed by atoms with Crippen molar-refractivity contribution in [1.82, 2.24) is 4.90 Å². The first-order valence-electron chi connectivity index (χ1n) is 9.53. The Balaban J connectivity index is 1.52. The fourth-order valence-electron chi connectivity index (χ4n) is 3.71. The van der Waals surface area contributed by atoms with Crippen molar-refractivity contribution in [3.05, 3.63) is 52.5 Å². The van der Waals surface area contributed by atoms with E-state index in [0.717, 1.165) is 12.8 Å². The van der Waals surface area contributed by atoms with Gasteiger partial charge in [0, 0.05) is 5.02 Å². The predicted octanol–water partition coefficient (Wildman–Crippen LogP) is 4.00. The van der Waals surface area contributed by atoms with E-state index in [1.807, 2.05) is 4.90 Å². The summed E-state index contributed by atoms with van der Waals surface area (Å²) < 4.78 is 28.9. The number of hydrogen-bond acceptors (Lipinski definition) is 5. The molecule has 2 aliphatic heterocycles. The first-order chi connectivity index (χ1) is 14.3. The van der Waals surface area contributed by atoms with E-state index in [1.165, 1.54) is 6.07 Å². The molecular weight excluding hydrogens is 447 g/mol. The number of benzene rings is 2. The fourth-order valence-corrected chi connectivity index (χ4v) is 5.31. The van der Waals surface area contributed by atoms with Gasteiger partial charge < -0.3 is 10.6 Å². The zero-order valence-electron chi connectivity index (χ0n) is 15.9. The van der Waals surface area contributed by atoms with Crippen molar-refractivity contribution in [2.75, 3.05) is 23.7 Å². The lowest BCUT2D eigenvalue weighted by Gasteiger charge is -2.35. The summed E-state index contributed by atoms with van der Waals surface area (Å²) in [6.07, 6.45) is 2.49. The zero-order valence-corrected chi connectivity index (χ0v) is 18.3. The summed E-state index contributed by atoms with van der Waals surface area (Å²) in [5, 5.41) is 6.79. The molecule has 0 bridgehead atoms.